The van der Waals surface area contributed by atoms with Gasteiger partial charge in [0.1, 0.15) is 5.78 Å². The molecule has 0 aromatic heterocycles. The smallest absolute Gasteiger partial charge is 0.318 e. The number of hydrogen-bond acceptors (Lipinski definition) is 5. The average Bonchev–Trinajstić information content (AvgIpc) is 3.44. The van der Waals surface area contributed by atoms with Crippen molar-refractivity contribution < 1.29 is 14.4 Å². The average molecular weight is 458 g/mol. The number of ketones is 1. The fourth-order valence-corrected chi connectivity index (χ4v) is 9.08. The third kappa shape index (κ3) is 4.15. The van der Waals surface area contributed by atoms with Crippen LogP contribution in [-0.2, 0) is 9.63 Å². The van der Waals surface area contributed by atoms with Crippen molar-refractivity contribution in [3.8, 4) is 0 Å². The highest BCUT2D eigenvalue weighted by Crippen LogP contribution is 2.67. The molecule has 0 aromatic rings. The number of fused-ring (bicyclic) bond motifs is 5. The maximum Gasteiger partial charge on any atom is 0.433 e. The van der Waals surface area contributed by atoms with Crippen LogP contribution >= 0.6 is 0 Å². The van der Waals surface area contributed by atoms with Crippen LogP contribution in [0.15, 0.2) is 5.16 Å². The van der Waals surface area contributed by atoms with Gasteiger partial charge in [-0.1, -0.05) is 19.0 Å². The number of nitrogens with one attached hydrogen (secondary N) is 2. The van der Waals surface area contributed by atoms with Crippen LogP contribution in [0.2, 0.25) is 0 Å². The van der Waals surface area contributed by atoms with E-state index in [1.165, 1.54) is 38.5 Å². The molecule has 184 valence electrons. The molecule has 1 aliphatic heterocycles. The largest absolute Gasteiger partial charge is 0.433 e. The van der Waals surface area contributed by atoms with Gasteiger partial charge in [-0.3, -0.25) is 9.63 Å². The number of oxime groups is 1. The van der Waals surface area contributed by atoms with E-state index in [-0.39, 0.29) is 5.41 Å². The van der Waals surface area contributed by atoms with E-state index in [4.69, 9.17) is 4.84 Å². The summed E-state index contributed by atoms with van der Waals surface area (Å²) in [5, 5.41) is 10.6. The van der Waals surface area contributed by atoms with Crippen LogP contribution in [0.25, 0.3) is 0 Å². The summed E-state index contributed by atoms with van der Waals surface area (Å²) in [5.74, 6) is 3.77. The molecule has 5 aliphatic rings. The maximum atomic E-state index is 12.2. The van der Waals surface area contributed by atoms with Crippen molar-refractivity contribution in [2.24, 2.45) is 45.6 Å². The quantitative estimate of drug-likeness (QED) is 0.351. The van der Waals surface area contributed by atoms with Crippen molar-refractivity contribution in [1.29, 1.82) is 0 Å². The van der Waals surface area contributed by atoms with Gasteiger partial charge in [0.2, 0.25) is 0 Å². The van der Waals surface area contributed by atoms with Crippen molar-refractivity contribution in [2.75, 3.05) is 13.1 Å². The van der Waals surface area contributed by atoms with Gasteiger partial charge in [-0.05, 0) is 106 Å². The normalized spacial score (nSPS) is 45.2. The summed E-state index contributed by atoms with van der Waals surface area (Å²) < 4.78 is 0. The molecule has 5 rings (SSSR count). The second-order valence-corrected chi connectivity index (χ2v) is 12.4. The molecule has 1 heterocycles. The number of hydrogen-bond donors (Lipinski definition) is 2. The second-order valence-electron chi connectivity index (χ2n) is 12.4. The van der Waals surface area contributed by atoms with E-state index in [9.17, 15) is 9.59 Å². The Bertz CT molecular complexity index is 806. The second kappa shape index (κ2) is 8.98. The Labute approximate surface area is 199 Å². The summed E-state index contributed by atoms with van der Waals surface area (Å²) in [6.07, 6.45) is 12.0. The third-order valence-corrected chi connectivity index (χ3v) is 10.9. The molecule has 6 heteroatoms. The minimum Gasteiger partial charge on any atom is -0.318 e. The molecular formula is C27H43N3O3. The fraction of sp³-hybridized carbons (Fsp3) is 0.889. The standard InChI is InChI=1S/C27H43N3O3/c1-17(30-33-25(32)29-16-19-5-4-14-28-19)22-8-9-23-21-7-6-18-15-20(31)10-12-26(18,2)24(21)11-13-27(22,23)3/h18-19,21-24,28H,4-16H2,1-3H3,(H,29,32)/b30-17+/t18-,19?,21+,22-,23+,24+,26+,27-/m1/s1. The van der Waals surface area contributed by atoms with Gasteiger partial charge in [-0.2, -0.15) is 0 Å². The zero-order valence-corrected chi connectivity index (χ0v) is 20.8. The molecule has 1 saturated heterocycles. The van der Waals surface area contributed by atoms with Crippen LogP contribution in [0.1, 0.15) is 91.4 Å². The van der Waals surface area contributed by atoms with Gasteiger partial charge in [0.15, 0.2) is 0 Å². The molecule has 0 spiro atoms. The fourth-order valence-electron chi connectivity index (χ4n) is 9.08. The van der Waals surface area contributed by atoms with Gasteiger partial charge in [-0.15, -0.1) is 0 Å². The lowest BCUT2D eigenvalue weighted by atomic mass is 9.44. The zero-order chi connectivity index (χ0) is 23.2. The molecule has 8 atom stereocenters. The Balaban J connectivity index is 1.22. The summed E-state index contributed by atoms with van der Waals surface area (Å²) in [5.41, 5.74) is 1.58. The van der Waals surface area contributed by atoms with E-state index in [0.29, 0.717) is 35.6 Å². The maximum absolute atomic E-state index is 12.2. The first kappa shape index (κ1) is 23.3. The van der Waals surface area contributed by atoms with E-state index >= 15 is 0 Å². The first-order chi connectivity index (χ1) is 15.8. The Morgan fingerprint density at radius 1 is 1.09 bits per heavy atom. The molecule has 33 heavy (non-hydrogen) atoms. The van der Waals surface area contributed by atoms with Crippen molar-refractivity contribution in [2.45, 2.75) is 97.4 Å². The number of carbonyl (C=O) groups is 2. The summed E-state index contributed by atoms with van der Waals surface area (Å²) in [4.78, 5) is 29.6. The topological polar surface area (TPSA) is 79.8 Å². The minimum absolute atomic E-state index is 0.246. The highest BCUT2D eigenvalue weighted by molar-refractivity contribution is 5.85. The predicted molar refractivity (Wildman–Crippen MR) is 129 cm³/mol. The number of nitrogens with zero attached hydrogens (tertiary/aromatic N) is 1. The first-order valence-corrected chi connectivity index (χ1v) is 13.6. The number of amides is 1. The third-order valence-electron chi connectivity index (χ3n) is 10.9. The SMILES string of the molecule is C/C(=N\OC(=O)NCC1CCCN1)[C@H]1CC[C@H]2[C@@H]3CC[C@@H]4CC(=O)CC[C@]4(C)[C@H]3CC[C@]12C. The van der Waals surface area contributed by atoms with Crippen LogP contribution in [0.5, 0.6) is 0 Å². The van der Waals surface area contributed by atoms with Crippen LogP contribution < -0.4 is 10.6 Å². The van der Waals surface area contributed by atoms with E-state index in [2.05, 4.69) is 36.6 Å². The lowest BCUT2D eigenvalue weighted by molar-refractivity contribution is -0.138. The molecule has 0 aromatic carbocycles. The van der Waals surface area contributed by atoms with Crippen LogP contribution in [0.4, 0.5) is 4.79 Å². The first-order valence-electron chi connectivity index (χ1n) is 13.6. The molecule has 0 radical (unpaired) electrons. The van der Waals surface area contributed by atoms with Gasteiger partial charge in [0.05, 0.1) is 5.71 Å². The van der Waals surface area contributed by atoms with Gasteiger partial charge >= 0.3 is 6.09 Å². The van der Waals surface area contributed by atoms with E-state index < -0.39 is 6.09 Å². The summed E-state index contributed by atoms with van der Waals surface area (Å²) >= 11 is 0. The number of carbonyl (C=O) groups excluding carboxylic acids is 2. The summed E-state index contributed by atoms with van der Waals surface area (Å²) in [6.45, 7) is 8.68. The molecule has 1 amide bonds. The van der Waals surface area contributed by atoms with Crippen molar-refractivity contribution in [1.82, 2.24) is 10.6 Å². The molecule has 6 nitrogen and oxygen atoms in total. The Kier molecular flexibility index (Phi) is 6.34. The van der Waals surface area contributed by atoms with Crippen molar-refractivity contribution >= 4 is 17.6 Å². The van der Waals surface area contributed by atoms with Gasteiger partial charge in [-0.25, -0.2) is 4.79 Å². The molecular weight excluding hydrogens is 414 g/mol. The van der Waals surface area contributed by atoms with Crippen LogP contribution in [0.3, 0.4) is 0 Å². The van der Waals surface area contributed by atoms with Gasteiger partial charge in [0, 0.05) is 31.3 Å². The Hall–Kier alpha value is -1.43. The highest BCUT2D eigenvalue weighted by atomic mass is 16.7. The lowest BCUT2D eigenvalue weighted by Gasteiger charge is -2.60. The summed E-state index contributed by atoms with van der Waals surface area (Å²) in [7, 11) is 0. The number of rotatable bonds is 4. The zero-order valence-electron chi connectivity index (χ0n) is 20.8. The predicted octanol–water partition coefficient (Wildman–Crippen LogP) is 5.07. The number of Topliss-reactive ketones (excluding diaryl/α,β-unsaturated/α-hetero) is 1. The van der Waals surface area contributed by atoms with Gasteiger partial charge < -0.3 is 10.6 Å². The molecule has 1 unspecified atom stereocenters. The van der Waals surface area contributed by atoms with E-state index in [1.807, 2.05) is 0 Å². The molecule has 4 aliphatic carbocycles. The Morgan fingerprint density at radius 2 is 1.91 bits per heavy atom. The van der Waals surface area contributed by atoms with Gasteiger partial charge in [0.25, 0.3) is 0 Å². The highest BCUT2D eigenvalue weighted by Gasteiger charge is 2.60. The minimum atomic E-state index is -0.440. The molecule has 4 saturated carbocycles. The van der Waals surface area contributed by atoms with Crippen molar-refractivity contribution in [3.05, 3.63) is 0 Å². The van der Waals surface area contributed by atoms with Crippen LogP contribution in [0, 0.1) is 40.4 Å². The molecule has 5 fully saturated rings. The molecule has 2 N–H and O–H groups in total. The monoisotopic (exact) mass is 457 g/mol. The van der Waals surface area contributed by atoms with Crippen LogP contribution in [-0.4, -0.2) is 36.7 Å². The summed E-state index contributed by atoms with van der Waals surface area (Å²) in [6, 6.07) is 0.353. The van der Waals surface area contributed by atoms with E-state index in [0.717, 1.165) is 62.1 Å². The van der Waals surface area contributed by atoms with Crippen molar-refractivity contribution in [3.63, 3.8) is 0 Å². The lowest BCUT2D eigenvalue weighted by Crippen LogP contribution is -2.53. The molecule has 0 bridgehead atoms. The Morgan fingerprint density at radius 3 is 2.70 bits per heavy atom. The van der Waals surface area contributed by atoms with E-state index in [1.54, 1.807) is 0 Å².